The van der Waals surface area contributed by atoms with Crippen LogP contribution in [0.15, 0.2) is 54.6 Å². The van der Waals surface area contributed by atoms with Gasteiger partial charge in [-0.05, 0) is 49.6 Å². The first-order valence-electron chi connectivity index (χ1n) is 10.5. The molecule has 0 bridgehead atoms. The average molecular weight is 413 g/mol. The normalized spacial score (nSPS) is 11.4. The number of benzene rings is 2. The molecule has 0 heterocycles. The molecule has 0 saturated carbocycles. The summed E-state index contributed by atoms with van der Waals surface area (Å²) < 4.78 is 10.9. The smallest absolute Gasteiger partial charge is 0.242 e. The molecule has 2 amide bonds. The molecule has 0 aliphatic heterocycles. The van der Waals surface area contributed by atoms with E-state index in [0.29, 0.717) is 39.0 Å². The van der Waals surface area contributed by atoms with Gasteiger partial charge in [-0.25, -0.2) is 0 Å². The Morgan fingerprint density at radius 3 is 2.30 bits per heavy atom. The number of para-hydroxylation sites is 1. The maximum Gasteiger partial charge on any atom is 0.242 e. The Hall–Kier alpha value is -3.02. The van der Waals surface area contributed by atoms with Crippen molar-refractivity contribution in [2.24, 2.45) is 0 Å². The number of carbonyl (C=O) groups excluding carboxylic acids is 2. The van der Waals surface area contributed by atoms with Crippen LogP contribution in [-0.4, -0.2) is 43.0 Å². The standard InChI is InChI=1S/C24H32N2O4/c1-4-22(24(28)25-5-2)26(18-19-13-15-20(29-3)16-14-19)23(27)12-9-17-30-21-10-7-6-8-11-21/h6-8,10-11,13-16,22H,4-5,9,12,17-18H2,1-3H3,(H,25,28). The van der Waals surface area contributed by atoms with E-state index in [1.54, 1.807) is 12.0 Å². The van der Waals surface area contributed by atoms with Gasteiger partial charge in [-0.3, -0.25) is 9.59 Å². The number of carbonyl (C=O) groups is 2. The molecule has 6 heteroatoms. The summed E-state index contributed by atoms with van der Waals surface area (Å²) in [6.45, 7) is 5.15. The minimum atomic E-state index is -0.505. The minimum absolute atomic E-state index is 0.0550. The number of hydrogen-bond donors (Lipinski definition) is 1. The topological polar surface area (TPSA) is 67.9 Å². The number of nitrogens with one attached hydrogen (secondary N) is 1. The van der Waals surface area contributed by atoms with Crippen molar-refractivity contribution < 1.29 is 19.1 Å². The molecule has 2 aromatic rings. The molecular formula is C24H32N2O4. The molecule has 6 nitrogen and oxygen atoms in total. The van der Waals surface area contributed by atoms with Gasteiger partial charge < -0.3 is 19.7 Å². The third kappa shape index (κ3) is 7.10. The quantitative estimate of drug-likeness (QED) is 0.539. The summed E-state index contributed by atoms with van der Waals surface area (Å²) in [7, 11) is 1.62. The first-order chi connectivity index (χ1) is 14.6. The van der Waals surface area contributed by atoms with Crippen LogP contribution in [0.3, 0.4) is 0 Å². The molecule has 0 fully saturated rings. The fourth-order valence-electron chi connectivity index (χ4n) is 3.21. The predicted molar refractivity (Wildman–Crippen MR) is 117 cm³/mol. The fourth-order valence-corrected chi connectivity index (χ4v) is 3.21. The summed E-state index contributed by atoms with van der Waals surface area (Å²) in [6.07, 6.45) is 1.45. The molecular weight excluding hydrogens is 380 g/mol. The van der Waals surface area contributed by atoms with Crippen LogP contribution >= 0.6 is 0 Å². The van der Waals surface area contributed by atoms with Gasteiger partial charge >= 0.3 is 0 Å². The van der Waals surface area contributed by atoms with Crippen LogP contribution in [-0.2, 0) is 16.1 Å². The van der Waals surface area contributed by atoms with E-state index in [2.05, 4.69) is 5.32 Å². The molecule has 0 aliphatic rings. The Kier molecular flexibility index (Phi) is 9.71. The van der Waals surface area contributed by atoms with Crippen LogP contribution in [0.2, 0.25) is 0 Å². The minimum Gasteiger partial charge on any atom is -0.497 e. The van der Waals surface area contributed by atoms with Gasteiger partial charge in [0.1, 0.15) is 17.5 Å². The summed E-state index contributed by atoms with van der Waals surface area (Å²) in [5, 5.41) is 2.85. The summed E-state index contributed by atoms with van der Waals surface area (Å²) in [6, 6.07) is 16.6. The first-order valence-corrected chi connectivity index (χ1v) is 10.5. The Balaban J connectivity index is 2.04. The molecule has 0 spiro atoms. The summed E-state index contributed by atoms with van der Waals surface area (Å²) >= 11 is 0. The second kappa shape index (κ2) is 12.5. The molecule has 0 aromatic heterocycles. The molecule has 0 aliphatic carbocycles. The second-order valence-corrected chi connectivity index (χ2v) is 6.95. The first kappa shape index (κ1) is 23.3. The fraction of sp³-hybridized carbons (Fsp3) is 0.417. The highest BCUT2D eigenvalue weighted by Gasteiger charge is 2.28. The number of methoxy groups -OCH3 is 1. The van der Waals surface area contributed by atoms with E-state index in [9.17, 15) is 9.59 Å². The van der Waals surface area contributed by atoms with Crippen molar-refractivity contribution in [3.63, 3.8) is 0 Å². The monoisotopic (exact) mass is 412 g/mol. The third-order valence-corrected chi connectivity index (χ3v) is 4.80. The van der Waals surface area contributed by atoms with Crippen molar-refractivity contribution in [2.75, 3.05) is 20.3 Å². The van der Waals surface area contributed by atoms with Gasteiger partial charge in [-0.15, -0.1) is 0 Å². The molecule has 30 heavy (non-hydrogen) atoms. The summed E-state index contributed by atoms with van der Waals surface area (Å²) in [5.74, 6) is 1.36. The van der Waals surface area contributed by atoms with Crippen molar-refractivity contribution in [1.29, 1.82) is 0 Å². The largest absolute Gasteiger partial charge is 0.497 e. The molecule has 1 N–H and O–H groups in total. The zero-order valence-corrected chi connectivity index (χ0v) is 18.1. The number of nitrogens with zero attached hydrogens (tertiary/aromatic N) is 1. The maximum absolute atomic E-state index is 13.1. The SMILES string of the molecule is CCNC(=O)C(CC)N(Cc1ccc(OC)cc1)C(=O)CCCOc1ccccc1. The zero-order chi connectivity index (χ0) is 21.8. The van der Waals surface area contributed by atoms with E-state index in [1.165, 1.54) is 0 Å². The van der Waals surface area contributed by atoms with Crippen molar-refractivity contribution in [3.05, 3.63) is 60.2 Å². The maximum atomic E-state index is 13.1. The van der Waals surface area contributed by atoms with Crippen LogP contribution in [0.5, 0.6) is 11.5 Å². The van der Waals surface area contributed by atoms with E-state index in [1.807, 2.05) is 68.4 Å². The van der Waals surface area contributed by atoms with Crippen molar-refractivity contribution in [1.82, 2.24) is 10.2 Å². The zero-order valence-electron chi connectivity index (χ0n) is 18.1. The van der Waals surface area contributed by atoms with E-state index in [0.717, 1.165) is 17.1 Å². The number of hydrogen-bond acceptors (Lipinski definition) is 4. The third-order valence-electron chi connectivity index (χ3n) is 4.80. The Labute approximate surface area is 179 Å². The van der Waals surface area contributed by atoms with Gasteiger partial charge in [0.2, 0.25) is 11.8 Å². The number of amides is 2. The number of likely N-dealkylation sites (N-methyl/N-ethyl adjacent to an activating group) is 1. The highest BCUT2D eigenvalue weighted by Crippen LogP contribution is 2.17. The molecule has 2 rings (SSSR count). The van der Waals surface area contributed by atoms with Gasteiger partial charge in [0.15, 0.2) is 0 Å². The van der Waals surface area contributed by atoms with Crippen LogP contribution in [0.1, 0.15) is 38.7 Å². The van der Waals surface area contributed by atoms with Crippen molar-refractivity contribution in [3.8, 4) is 11.5 Å². The lowest BCUT2D eigenvalue weighted by molar-refractivity contribution is -0.141. The van der Waals surface area contributed by atoms with E-state index in [4.69, 9.17) is 9.47 Å². The average Bonchev–Trinajstić information content (AvgIpc) is 2.77. The van der Waals surface area contributed by atoms with Gasteiger partial charge in [0.25, 0.3) is 0 Å². The second-order valence-electron chi connectivity index (χ2n) is 6.95. The summed E-state index contributed by atoms with van der Waals surface area (Å²) in [5.41, 5.74) is 0.951. The lowest BCUT2D eigenvalue weighted by atomic mass is 10.1. The highest BCUT2D eigenvalue weighted by molar-refractivity contribution is 5.87. The summed E-state index contributed by atoms with van der Waals surface area (Å²) in [4.78, 5) is 27.3. The number of ether oxygens (including phenoxy) is 2. The van der Waals surface area contributed by atoms with Crippen molar-refractivity contribution in [2.45, 2.75) is 45.7 Å². The Bertz CT molecular complexity index is 778. The molecule has 1 atom stereocenters. The molecule has 1 unspecified atom stereocenters. The molecule has 162 valence electrons. The van der Waals surface area contributed by atoms with Crippen LogP contribution in [0.25, 0.3) is 0 Å². The van der Waals surface area contributed by atoms with Crippen LogP contribution in [0.4, 0.5) is 0 Å². The number of rotatable bonds is 12. The molecule has 0 radical (unpaired) electrons. The van der Waals surface area contributed by atoms with E-state index in [-0.39, 0.29) is 11.8 Å². The van der Waals surface area contributed by atoms with Gasteiger partial charge in [-0.1, -0.05) is 37.3 Å². The van der Waals surface area contributed by atoms with E-state index >= 15 is 0 Å². The van der Waals surface area contributed by atoms with Crippen LogP contribution in [0, 0.1) is 0 Å². The molecule has 2 aromatic carbocycles. The van der Waals surface area contributed by atoms with E-state index < -0.39 is 6.04 Å². The lowest BCUT2D eigenvalue weighted by Gasteiger charge is -2.30. The highest BCUT2D eigenvalue weighted by atomic mass is 16.5. The molecule has 0 saturated heterocycles. The van der Waals surface area contributed by atoms with Crippen molar-refractivity contribution >= 4 is 11.8 Å². The lowest BCUT2D eigenvalue weighted by Crippen LogP contribution is -2.49. The van der Waals surface area contributed by atoms with Gasteiger partial charge in [0, 0.05) is 19.5 Å². The van der Waals surface area contributed by atoms with Gasteiger partial charge in [0.05, 0.1) is 13.7 Å². The Morgan fingerprint density at radius 1 is 1.00 bits per heavy atom. The Morgan fingerprint density at radius 2 is 1.70 bits per heavy atom. The predicted octanol–water partition coefficient (Wildman–Crippen LogP) is 3.80. The van der Waals surface area contributed by atoms with Crippen LogP contribution < -0.4 is 14.8 Å². The van der Waals surface area contributed by atoms with Gasteiger partial charge in [-0.2, -0.15) is 0 Å².